The summed E-state index contributed by atoms with van der Waals surface area (Å²) in [7, 11) is 1.64. The SMILES string of the molecule is COCCC([C@@H]1C[C@H]1C(=O)N[C@H]1CC(C)(C)Oc2ccccc21)N1C(=O)C[C@@](C)(C(C)C)N=C1N.O=C(O)C(F)(F)F. The van der Waals surface area contributed by atoms with E-state index >= 15 is 0 Å². The molecular weight excluding hydrogens is 557 g/mol. The summed E-state index contributed by atoms with van der Waals surface area (Å²) in [5, 5.41) is 10.4. The van der Waals surface area contributed by atoms with Gasteiger partial charge in [0.05, 0.1) is 18.0 Å². The molecule has 4 rings (SSSR count). The number of carboxylic acid groups (broad SMARTS) is 1. The summed E-state index contributed by atoms with van der Waals surface area (Å²) < 4.78 is 43.2. The highest BCUT2D eigenvalue weighted by Gasteiger charge is 2.53. The Labute approximate surface area is 243 Å². The molecule has 0 radical (unpaired) electrons. The molecule has 1 fully saturated rings. The van der Waals surface area contributed by atoms with Gasteiger partial charge < -0.3 is 25.6 Å². The van der Waals surface area contributed by atoms with Gasteiger partial charge in [0.15, 0.2) is 5.96 Å². The predicted molar refractivity (Wildman–Crippen MR) is 149 cm³/mol. The van der Waals surface area contributed by atoms with Gasteiger partial charge in [-0.3, -0.25) is 14.5 Å². The number of amides is 2. The normalized spacial score (nSPS) is 27.1. The largest absolute Gasteiger partial charge is 0.490 e. The van der Waals surface area contributed by atoms with Gasteiger partial charge in [-0.05, 0) is 51.5 Å². The molecule has 1 saturated carbocycles. The lowest BCUT2D eigenvalue weighted by molar-refractivity contribution is -0.192. The topological polar surface area (TPSA) is 144 Å². The zero-order valence-corrected chi connectivity index (χ0v) is 24.8. The van der Waals surface area contributed by atoms with Gasteiger partial charge in [0, 0.05) is 37.7 Å². The number of hydrogen-bond acceptors (Lipinski definition) is 7. The van der Waals surface area contributed by atoms with Crippen LogP contribution in [-0.2, 0) is 19.1 Å². The van der Waals surface area contributed by atoms with Crippen LogP contribution in [0.3, 0.4) is 0 Å². The quantitative estimate of drug-likeness (QED) is 0.410. The number of para-hydroxylation sites is 1. The van der Waals surface area contributed by atoms with E-state index in [-0.39, 0.29) is 53.2 Å². The Kier molecular flexibility index (Phi) is 9.85. The van der Waals surface area contributed by atoms with E-state index in [1.807, 2.05) is 45.0 Å². The van der Waals surface area contributed by atoms with Crippen molar-refractivity contribution in [2.75, 3.05) is 13.7 Å². The standard InChI is InChI=1S/C27H40N4O4.C2HF3O2/c1-16(2)27(5)15-23(32)31(25(28)30-27)21(11-12-34-6)18-13-19(18)24(33)29-20-14-26(3,4)35-22-10-8-7-9-17(20)22;3-2(4,5)1(6)7/h7-10,16,18-21H,11-15H2,1-6H3,(H2,28,30)(H,29,33);(H,6,7)/t18-,19-,20+,21?,27+;/m1./s1. The van der Waals surface area contributed by atoms with Crippen molar-refractivity contribution in [2.45, 2.75) is 89.7 Å². The third-order valence-electron chi connectivity index (χ3n) is 8.19. The zero-order chi connectivity index (χ0) is 31.6. The number of carbonyl (C=O) groups is 3. The van der Waals surface area contributed by atoms with Crippen molar-refractivity contribution < 1.29 is 42.1 Å². The Morgan fingerprint density at radius 3 is 2.43 bits per heavy atom. The fourth-order valence-corrected chi connectivity index (χ4v) is 5.49. The highest BCUT2D eigenvalue weighted by Crippen LogP contribution is 2.47. The average molecular weight is 599 g/mol. The van der Waals surface area contributed by atoms with Gasteiger partial charge in [-0.2, -0.15) is 13.2 Å². The van der Waals surface area contributed by atoms with Gasteiger partial charge in [-0.15, -0.1) is 0 Å². The molecule has 4 N–H and O–H groups in total. The van der Waals surface area contributed by atoms with E-state index in [2.05, 4.69) is 19.2 Å². The maximum atomic E-state index is 13.4. The molecule has 1 aromatic carbocycles. The molecule has 1 aliphatic carbocycles. The number of ether oxygens (including phenoxy) is 2. The molecule has 0 spiro atoms. The van der Waals surface area contributed by atoms with Gasteiger partial charge in [-0.25, -0.2) is 9.79 Å². The molecule has 10 nitrogen and oxygen atoms in total. The molecule has 1 unspecified atom stereocenters. The fourth-order valence-electron chi connectivity index (χ4n) is 5.49. The lowest BCUT2D eigenvalue weighted by atomic mass is 9.84. The summed E-state index contributed by atoms with van der Waals surface area (Å²) in [6, 6.07) is 7.55. The first kappa shape index (κ1) is 33.2. The van der Waals surface area contributed by atoms with E-state index in [0.29, 0.717) is 32.3 Å². The fraction of sp³-hybridized carbons (Fsp3) is 0.655. The van der Waals surface area contributed by atoms with Crippen LogP contribution >= 0.6 is 0 Å². The number of guanidine groups is 1. The van der Waals surface area contributed by atoms with Crippen LogP contribution in [0.5, 0.6) is 5.75 Å². The summed E-state index contributed by atoms with van der Waals surface area (Å²) >= 11 is 0. The molecule has 1 aromatic rings. The van der Waals surface area contributed by atoms with Crippen molar-refractivity contribution in [3.63, 3.8) is 0 Å². The Hall–Kier alpha value is -3.35. The number of nitrogens with zero attached hydrogens (tertiary/aromatic N) is 2. The Bertz CT molecular complexity index is 1200. The molecule has 2 aliphatic heterocycles. The third kappa shape index (κ3) is 7.73. The van der Waals surface area contributed by atoms with E-state index in [9.17, 15) is 22.8 Å². The molecule has 0 bridgehead atoms. The van der Waals surface area contributed by atoms with Crippen LogP contribution in [0.4, 0.5) is 13.2 Å². The minimum absolute atomic E-state index is 0.0157. The molecule has 2 amide bonds. The second kappa shape index (κ2) is 12.5. The second-order valence-corrected chi connectivity index (χ2v) is 12.2. The van der Waals surface area contributed by atoms with Gasteiger partial charge in [-0.1, -0.05) is 32.0 Å². The molecule has 3 aliphatic rings. The van der Waals surface area contributed by atoms with E-state index in [0.717, 1.165) is 11.3 Å². The summed E-state index contributed by atoms with van der Waals surface area (Å²) in [5.74, 6) is -1.66. The van der Waals surface area contributed by atoms with Crippen molar-refractivity contribution in [1.82, 2.24) is 10.2 Å². The lowest BCUT2D eigenvalue weighted by Crippen LogP contribution is -2.57. The number of hydrogen-bond donors (Lipinski definition) is 3. The minimum Gasteiger partial charge on any atom is -0.487 e. The number of methoxy groups -OCH3 is 1. The maximum Gasteiger partial charge on any atom is 0.490 e. The highest BCUT2D eigenvalue weighted by atomic mass is 19.4. The maximum absolute atomic E-state index is 13.4. The molecule has 0 aromatic heterocycles. The lowest BCUT2D eigenvalue weighted by Gasteiger charge is -2.41. The molecule has 13 heteroatoms. The van der Waals surface area contributed by atoms with E-state index in [4.69, 9.17) is 30.1 Å². The minimum atomic E-state index is -5.08. The molecule has 2 heterocycles. The van der Waals surface area contributed by atoms with Crippen LogP contribution in [0.25, 0.3) is 0 Å². The highest BCUT2D eigenvalue weighted by molar-refractivity contribution is 5.99. The van der Waals surface area contributed by atoms with Crippen molar-refractivity contribution >= 4 is 23.7 Å². The first-order chi connectivity index (χ1) is 19.4. The second-order valence-electron chi connectivity index (χ2n) is 12.2. The number of rotatable bonds is 8. The smallest absolute Gasteiger partial charge is 0.487 e. The summed E-state index contributed by atoms with van der Waals surface area (Å²) in [6.45, 7) is 10.6. The van der Waals surface area contributed by atoms with Gasteiger partial charge in [0.2, 0.25) is 11.8 Å². The van der Waals surface area contributed by atoms with Crippen LogP contribution in [0.15, 0.2) is 29.3 Å². The molecule has 42 heavy (non-hydrogen) atoms. The van der Waals surface area contributed by atoms with Crippen molar-refractivity contribution in [2.24, 2.45) is 28.5 Å². The van der Waals surface area contributed by atoms with Gasteiger partial charge in [0.25, 0.3) is 0 Å². The number of nitrogens with one attached hydrogen (secondary N) is 1. The van der Waals surface area contributed by atoms with Crippen LogP contribution in [0.1, 0.15) is 71.9 Å². The third-order valence-corrected chi connectivity index (χ3v) is 8.19. The van der Waals surface area contributed by atoms with E-state index in [1.165, 1.54) is 0 Å². The number of aliphatic carboxylic acids is 1. The number of carboxylic acids is 1. The van der Waals surface area contributed by atoms with E-state index < -0.39 is 17.7 Å². The number of alkyl halides is 3. The van der Waals surface area contributed by atoms with Crippen LogP contribution < -0.4 is 15.8 Å². The first-order valence-electron chi connectivity index (χ1n) is 13.9. The van der Waals surface area contributed by atoms with Gasteiger partial charge >= 0.3 is 12.1 Å². The molecule has 5 atom stereocenters. The van der Waals surface area contributed by atoms with Crippen LogP contribution in [0.2, 0.25) is 0 Å². The summed E-state index contributed by atoms with van der Waals surface area (Å²) in [6.07, 6.45) is -2.75. The number of carbonyl (C=O) groups excluding carboxylic acids is 2. The number of halogens is 3. The zero-order valence-electron chi connectivity index (χ0n) is 24.8. The Morgan fingerprint density at radius 2 is 1.88 bits per heavy atom. The van der Waals surface area contributed by atoms with Crippen molar-refractivity contribution in [3.8, 4) is 5.75 Å². The summed E-state index contributed by atoms with van der Waals surface area (Å²) in [4.78, 5) is 41.9. The summed E-state index contributed by atoms with van der Waals surface area (Å²) in [5.41, 5.74) is 6.50. The average Bonchev–Trinajstić information content (AvgIpc) is 3.65. The van der Waals surface area contributed by atoms with Gasteiger partial charge in [0.1, 0.15) is 11.4 Å². The number of nitrogens with two attached hydrogens (primary N) is 1. The van der Waals surface area contributed by atoms with Crippen LogP contribution in [0, 0.1) is 17.8 Å². The van der Waals surface area contributed by atoms with Crippen molar-refractivity contribution in [1.29, 1.82) is 0 Å². The monoisotopic (exact) mass is 598 g/mol. The first-order valence-corrected chi connectivity index (χ1v) is 13.9. The molecule has 234 valence electrons. The number of benzene rings is 1. The Balaban J connectivity index is 0.000000616. The van der Waals surface area contributed by atoms with E-state index in [1.54, 1.807) is 12.0 Å². The van der Waals surface area contributed by atoms with Crippen molar-refractivity contribution in [3.05, 3.63) is 29.8 Å². The predicted octanol–water partition coefficient (Wildman–Crippen LogP) is 4.04. The number of aliphatic imine (C=N–C) groups is 1. The molecule has 0 saturated heterocycles. The number of fused-ring (bicyclic) bond motifs is 1. The Morgan fingerprint density at radius 1 is 1.26 bits per heavy atom. The van der Waals surface area contributed by atoms with Crippen LogP contribution in [-0.4, -0.2) is 70.8 Å². The molecular formula is C29H41F3N4O6.